The van der Waals surface area contributed by atoms with E-state index in [0.29, 0.717) is 6.54 Å². The predicted octanol–water partition coefficient (Wildman–Crippen LogP) is 2.67. The van der Waals surface area contributed by atoms with Crippen LogP contribution in [0.25, 0.3) is 0 Å². The fraction of sp³-hybridized carbons (Fsp3) is 0.250. The highest BCUT2D eigenvalue weighted by atomic mass is 16.3. The van der Waals surface area contributed by atoms with Crippen LogP contribution in [0, 0.1) is 6.92 Å². The van der Waals surface area contributed by atoms with Gasteiger partial charge in [0, 0.05) is 6.54 Å². The van der Waals surface area contributed by atoms with Crippen LogP contribution in [0.3, 0.4) is 0 Å². The largest absolute Gasteiger partial charge is 0.395 e. The highest BCUT2D eigenvalue weighted by molar-refractivity contribution is 5.33. The van der Waals surface area contributed by atoms with Crippen molar-refractivity contribution in [3.8, 4) is 0 Å². The first-order chi connectivity index (χ1) is 8.81. The van der Waals surface area contributed by atoms with E-state index in [1.54, 1.807) is 0 Å². The molecule has 2 rings (SSSR count). The Bertz CT molecular complexity index is 481. The van der Waals surface area contributed by atoms with Gasteiger partial charge in [0.2, 0.25) is 0 Å². The van der Waals surface area contributed by atoms with Crippen LogP contribution in [-0.4, -0.2) is 18.3 Å². The summed E-state index contributed by atoms with van der Waals surface area (Å²) in [5.41, 5.74) is 3.70. The Morgan fingerprint density at radius 2 is 1.72 bits per heavy atom. The van der Waals surface area contributed by atoms with Crippen LogP contribution in [0.2, 0.25) is 0 Å². The molecule has 2 N–H and O–H groups in total. The summed E-state index contributed by atoms with van der Waals surface area (Å²) in [5.74, 6) is 0. The Morgan fingerprint density at radius 3 is 2.39 bits per heavy atom. The molecule has 2 heteroatoms. The lowest BCUT2D eigenvalue weighted by atomic mass is 9.97. The van der Waals surface area contributed by atoms with Gasteiger partial charge in [0.1, 0.15) is 0 Å². The van der Waals surface area contributed by atoms with Crippen LogP contribution in [-0.2, 0) is 0 Å². The minimum Gasteiger partial charge on any atom is -0.395 e. The number of rotatable bonds is 5. The minimum absolute atomic E-state index is 0.137. The van der Waals surface area contributed by atoms with E-state index in [1.165, 1.54) is 16.7 Å². The number of aliphatic hydroxyl groups excluding tert-OH is 1. The van der Waals surface area contributed by atoms with E-state index in [-0.39, 0.29) is 12.6 Å². The fourth-order valence-electron chi connectivity index (χ4n) is 2.13. The molecule has 0 saturated carbocycles. The van der Waals surface area contributed by atoms with Gasteiger partial charge in [0.05, 0.1) is 12.6 Å². The number of hydrogen-bond donors (Lipinski definition) is 2. The van der Waals surface area contributed by atoms with Gasteiger partial charge >= 0.3 is 0 Å². The zero-order chi connectivity index (χ0) is 12.8. The molecular weight excluding hydrogens is 222 g/mol. The van der Waals surface area contributed by atoms with E-state index in [0.717, 1.165) is 0 Å². The highest BCUT2D eigenvalue weighted by Crippen LogP contribution is 2.22. The molecule has 2 nitrogen and oxygen atoms in total. The average molecular weight is 241 g/mol. The number of benzene rings is 2. The van der Waals surface area contributed by atoms with Gasteiger partial charge in [0.15, 0.2) is 0 Å². The molecule has 2 aromatic rings. The van der Waals surface area contributed by atoms with Crippen LogP contribution in [0.15, 0.2) is 54.6 Å². The lowest BCUT2D eigenvalue weighted by Gasteiger charge is -2.19. The average Bonchev–Trinajstić information content (AvgIpc) is 2.40. The van der Waals surface area contributed by atoms with Crippen LogP contribution in [0.4, 0.5) is 0 Å². The van der Waals surface area contributed by atoms with Crippen molar-refractivity contribution in [2.45, 2.75) is 13.0 Å². The maximum Gasteiger partial charge on any atom is 0.0577 e. The standard InChI is InChI=1S/C16H19NO/c1-13-6-5-9-15(12-13)16(17-10-11-18)14-7-3-2-4-8-14/h2-9,12,16-18H,10-11H2,1H3. The van der Waals surface area contributed by atoms with Crippen molar-refractivity contribution < 1.29 is 5.11 Å². The number of hydrogen-bond acceptors (Lipinski definition) is 2. The summed E-state index contributed by atoms with van der Waals surface area (Å²) in [4.78, 5) is 0. The summed E-state index contributed by atoms with van der Waals surface area (Å²) in [6, 6.07) is 18.9. The normalized spacial score (nSPS) is 12.3. The second kappa shape index (κ2) is 6.34. The van der Waals surface area contributed by atoms with Gasteiger partial charge in [-0.2, -0.15) is 0 Å². The molecule has 0 spiro atoms. The molecule has 0 heterocycles. The van der Waals surface area contributed by atoms with E-state index >= 15 is 0 Å². The van der Waals surface area contributed by atoms with Gasteiger partial charge < -0.3 is 10.4 Å². The van der Waals surface area contributed by atoms with Gasteiger partial charge in [0.25, 0.3) is 0 Å². The SMILES string of the molecule is Cc1cccc(C(NCCO)c2ccccc2)c1. The molecule has 0 aliphatic rings. The molecule has 0 aliphatic heterocycles. The minimum atomic E-state index is 0.137. The zero-order valence-electron chi connectivity index (χ0n) is 10.6. The van der Waals surface area contributed by atoms with Crippen molar-refractivity contribution in [3.63, 3.8) is 0 Å². The molecule has 94 valence electrons. The van der Waals surface area contributed by atoms with Crippen molar-refractivity contribution in [1.29, 1.82) is 0 Å². The summed E-state index contributed by atoms with van der Waals surface area (Å²) in [7, 11) is 0. The molecule has 0 amide bonds. The predicted molar refractivity (Wildman–Crippen MR) is 74.6 cm³/mol. The summed E-state index contributed by atoms with van der Waals surface area (Å²) in [6.07, 6.45) is 0. The van der Waals surface area contributed by atoms with Gasteiger partial charge in [-0.05, 0) is 18.1 Å². The van der Waals surface area contributed by atoms with Crippen LogP contribution in [0.1, 0.15) is 22.7 Å². The Hall–Kier alpha value is -1.64. The Morgan fingerprint density at radius 1 is 1.00 bits per heavy atom. The number of nitrogens with one attached hydrogen (secondary N) is 1. The van der Waals surface area contributed by atoms with Gasteiger partial charge in [-0.15, -0.1) is 0 Å². The summed E-state index contributed by atoms with van der Waals surface area (Å²) in [6.45, 7) is 2.83. The van der Waals surface area contributed by atoms with Crippen molar-refractivity contribution in [2.75, 3.05) is 13.2 Å². The molecule has 2 aromatic carbocycles. The third kappa shape index (κ3) is 3.19. The van der Waals surface area contributed by atoms with Crippen molar-refractivity contribution in [1.82, 2.24) is 5.32 Å². The molecule has 0 fully saturated rings. The second-order valence-electron chi connectivity index (χ2n) is 4.44. The third-order valence-electron chi connectivity index (χ3n) is 2.97. The van der Waals surface area contributed by atoms with E-state index in [1.807, 2.05) is 18.2 Å². The lowest BCUT2D eigenvalue weighted by molar-refractivity contribution is 0.288. The van der Waals surface area contributed by atoms with Crippen molar-refractivity contribution in [3.05, 3.63) is 71.3 Å². The van der Waals surface area contributed by atoms with Crippen LogP contribution in [0.5, 0.6) is 0 Å². The number of aryl methyl sites for hydroxylation is 1. The first-order valence-electron chi connectivity index (χ1n) is 6.27. The van der Waals surface area contributed by atoms with E-state index < -0.39 is 0 Å². The molecule has 0 bridgehead atoms. The first kappa shape index (κ1) is 12.8. The zero-order valence-corrected chi connectivity index (χ0v) is 10.6. The summed E-state index contributed by atoms with van der Waals surface area (Å²) < 4.78 is 0. The van der Waals surface area contributed by atoms with Crippen LogP contribution >= 0.6 is 0 Å². The summed E-state index contributed by atoms with van der Waals surface area (Å²) in [5, 5.41) is 12.4. The van der Waals surface area contributed by atoms with Gasteiger partial charge in [-0.25, -0.2) is 0 Å². The molecule has 0 aromatic heterocycles. The van der Waals surface area contributed by atoms with Crippen molar-refractivity contribution in [2.24, 2.45) is 0 Å². The Kier molecular flexibility index (Phi) is 4.51. The van der Waals surface area contributed by atoms with Gasteiger partial charge in [-0.3, -0.25) is 0 Å². The van der Waals surface area contributed by atoms with Crippen molar-refractivity contribution >= 4 is 0 Å². The van der Waals surface area contributed by atoms with Gasteiger partial charge in [-0.1, -0.05) is 60.2 Å². The lowest BCUT2D eigenvalue weighted by Crippen LogP contribution is -2.25. The highest BCUT2D eigenvalue weighted by Gasteiger charge is 2.12. The monoisotopic (exact) mass is 241 g/mol. The molecule has 0 aliphatic carbocycles. The summed E-state index contributed by atoms with van der Waals surface area (Å²) >= 11 is 0. The molecule has 18 heavy (non-hydrogen) atoms. The third-order valence-corrected chi connectivity index (χ3v) is 2.97. The number of aliphatic hydroxyl groups is 1. The second-order valence-corrected chi connectivity index (χ2v) is 4.44. The smallest absolute Gasteiger partial charge is 0.0577 e. The molecule has 0 radical (unpaired) electrons. The maximum absolute atomic E-state index is 9.00. The molecule has 0 saturated heterocycles. The quantitative estimate of drug-likeness (QED) is 0.843. The first-order valence-corrected chi connectivity index (χ1v) is 6.27. The topological polar surface area (TPSA) is 32.3 Å². The van der Waals surface area contributed by atoms with E-state index in [2.05, 4.69) is 48.6 Å². The molecule has 1 unspecified atom stereocenters. The Labute approximate surface area is 108 Å². The van der Waals surface area contributed by atoms with Crippen LogP contribution < -0.4 is 5.32 Å². The fourth-order valence-corrected chi connectivity index (χ4v) is 2.13. The molecule has 1 atom stereocenters. The van der Waals surface area contributed by atoms with E-state index in [9.17, 15) is 0 Å². The molecular formula is C16H19NO. The Balaban J connectivity index is 2.31. The maximum atomic E-state index is 9.00. The van der Waals surface area contributed by atoms with E-state index in [4.69, 9.17) is 5.11 Å².